The van der Waals surface area contributed by atoms with Crippen LogP contribution in [0.3, 0.4) is 0 Å². The molecular formula is C17H23F4OSi. The maximum absolute atomic E-state index is 13.5. The minimum absolute atomic E-state index is 0.110. The summed E-state index contributed by atoms with van der Waals surface area (Å²) in [4.78, 5) is 0. The molecule has 0 aliphatic rings. The van der Waals surface area contributed by atoms with Crippen molar-refractivity contribution >= 4 is 10.5 Å². The molecule has 0 atom stereocenters. The molecule has 23 heavy (non-hydrogen) atoms. The predicted molar refractivity (Wildman–Crippen MR) is 83.2 cm³/mol. The van der Waals surface area contributed by atoms with Crippen molar-refractivity contribution < 1.29 is 22.0 Å². The Morgan fingerprint density at radius 2 is 1.52 bits per heavy atom. The topological polar surface area (TPSA) is 9.23 Å². The van der Waals surface area contributed by atoms with E-state index in [1.165, 1.54) is 0 Å². The molecule has 1 nitrogen and oxygen atoms in total. The number of halogens is 4. The maximum atomic E-state index is 13.5. The van der Waals surface area contributed by atoms with Crippen LogP contribution in [0.4, 0.5) is 17.6 Å². The molecule has 0 saturated carbocycles. The third-order valence-electron chi connectivity index (χ3n) is 4.51. The van der Waals surface area contributed by atoms with Gasteiger partial charge in [0.25, 0.3) is 0 Å². The van der Waals surface area contributed by atoms with E-state index in [1.54, 1.807) is 0 Å². The van der Waals surface area contributed by atoms with E-state index in [9.17, 15) is 17.6 Å². The third-order valence-corrected chi connectivity index (χ3v) is 4.94. The maximum Gasteiger partial charge on any atom is 0.247 e. The second-order valence-corrected chi connectivity index (χ2v) is 6.07. The van der Waals surface area contributed by atoms with Gasteiger partial charge >= 0.3 is 0 Å². The number of rotatable bonds is 10. The van der Waals surface area contributed by atoms with Crippen LogP contribution in [0, 0.1) is 23.3 Å². The highest BCUT2D eigenvalue weighted by Gasteiger charge is 2.24. The molecule has 0 aliphatic heterocycles. The van der Waals surface area contributed by atoms with E-state index in [1.807, 2.05) is 0 Å². The monoisotopic (exact) mass is 347 g/mol. The van der Waals surface area contributed by atoms with E-state index in [4.69, 9.17) is 4.43 Å². The van der Waals surface area contributed by atoms with Gasteiger partial charge in [-0.2, -0.15) is 0 Å². The van der Waals surface area contributed by atoms with Gasteiger partial charge in [0.2, 0.25) is 10.5 Å². The van der Waals surface area contributed by atoms with Crippen molar-refractivity contribution in [1.82, 2.24) is 0 Å². The van der Waals surface area contributed by atoms with Gasteiger partial charge in [0.05, 0.1) is 5.60 Å². The van der Waals surface area contributed by atoms with E-state index in [2.05, 4.69) is 24.3 Å². The highest BCUT2D eigenvalue weighted by atomic mass is 28.2. The molecule has 0 heterocycles. The molecule has 0 unspecified atom stereocenters. The van der Waals surface area contributed by atoms with Crippen LogP contribution in [0.15, 0.2) is 6.07 Å². The van der Waals surface area contributed by atoms with Crippen molar-refractivity contribution in [2.24, 2.45) is 0 Å². The van der Waals surface area contributed by atoms with Crippen LogP contribution in [0.5, 0.6) is 0 Å². The van der Waals surface area contributed by atoms with Gasteiger partial charge in [-0.1, -0.05) is 33.1 Å². The lowest BCUT2D eigenvalue weighted by Crippen LogP contribution is -2.30. The molecule has 0 fully saturated rings. The third kappa shape index (κ3) is 5.31. The first-order valence-corrected chi connectivity index (χ1v) is 8.48. The first-order chi connectivity index (χ1) is 10.9. The van der Waals surface area contributed by atoms with Crippen molar-refractivity contribution in [2.75, 3.05) is 0 Å². The molecule has 1 aromatic carbocycles. The molecule has 6 heteroatoms. The summed E-state index contributed by atoms with van der Waals surface area (Å²) in [7, 11) is 3.14. The van der Waals surface area contributed by atoms with Gasteiger partial charge in [-0.05, 0) is 43.7 Å². The van der Waals surface area contributed by atoms with Crippen LogP contribution < -0.4 is 0 Å². The lowest BCUT2D eigenvalue weighted by atomic mass is 9.90. The highest BCUT2D eigenvalue weighted by Crippen LogP contribution is 2.27. The predicted octanol–water partition coefficient (Wildman–Crippen LogP) is 5.39. The van der Waals surface area contributed by atoms with Crippen molar-refractivity contribution in [1.29, 1.82) is 0 Å². The first-order valence-electron chi connectivity index (χ1n) is 8.07. The minimum atomic E-state index is -1.75. The van der Waals surface area contributed by atoms with E-state index < -0.39 is 23.3 Å². The van der Waals surface area contributed by atoms with Crippen LogP contribution >= 0.6 is 0 Å². The number of hydrogen-bond donors (Lipinski definition) is 0. The molecule has 0 bridgehead atoms. The molecule has 3 radical (unpaired) electrons. The summed E-state index contributed by atoms with van der Waals surface area (Å²) in [6, 6.07) is 0.741. The quantitative estimate of drug-likeness (QED) is 0.181. The number of unbranched alkanes of at least 4 members (excludes halogenated alkanes) is 3. The smallest absolute Gasteiger partial charge is 0.247 e. The summed E-state index contributed by atoms with van der Waals surface area (Å²) in [5, 5.41) is 0. The van der Waals surface area contributed by atoms with E-state index in [-0.39, 0.29) is 17.6 Å². The fourth-order valence-corrected chi connectivity index (χ4v) is 3.11. The molecule has 1 aromatic rings. The average molecular weight is 347 g/mol. The summed E-state index contributed by atoms with van der Waals surface area (Å²) in [6.45, 7) is 4.15. The van der Waals surface area contributed by atoms with Gasteiger partial charge in [-0.25, -0.2) is 17.6 Å². The number of aryl methyl sites for hydroxylation is 1. The Morgan fingerprint density at radius 3 is 2.09 bits per heavy atom. The standard InChI is InChI=1S/C17H23F4OSi/c1-3-17(4-2,22-23)10-8-6-5-7-9-12-11-13(18)15(20)16(21)14(12)19/h11H,3-10H2,1-2H3. The van der Waals surface area contributed by atoms with Gasteiger partial charge in [0.15, 0.2) is 23.3 Å². The van der Waals surface area contributed by atoms with E-state index in [0.717, 1.165) is 44.6 Å². The Morgan fingerprint density at radius 1 is 0.913 bits per heavy atom. The molecular weight excluding hydrogens is 324 g/mol. The largest absolute Gasteiger partial charge is 0.413 e. The SMILES string of the molecule is CCC(CC)(CCCCCCc1cc(F)c(F)c(F)c1F)O[Si]. The molecule has 1 rings (SSSR count). The fraction of sp³-hybridized carbons (Fsp3) is 0.647. The molecule has 0 aromatic heterocycles. The van der Waals surface area contributed by atoms with Crippen LogP contribution in [0.1, 0.15) is 64.4 Å². The normalized spacial score (nSPS) is 12.0. The van der Waals surface area contributed by atoms with Gasteiger partial charge in [0, 0.05) is 0 Å². The van der Waals surface area contributed by atoms with Crippen molar-refractivity contribution in [3.8, 4) is 0 Å². The second-order valence-electron chi connectivity index (χ2n) is 5.87. The second kappa shape index (κ2) is 9.42. The summed E-state index contributed by atoms with van der Waals surface area (Å²) in [5.74, 6) is -6.11. The zero-order chi connectivity index (χ0) is 17.5. The molecule has 0 aliphatic carbocycles. The summed E-state index contributed by atoms with van der Waals surface area (Å²) in [5.41, 5.74) is -0.270. The molecule has 0 spiro atoms. The van der Waals surface area contributed by atoms with Gasteiger partial charge < -0.3 is 4.43 Å². The Kier molecular flexibility index (Phi) is 8.26. The lowest BCUT2D eigenvalue weighted by Gasteiger charge is -2.30. The summed E-state index contributed by atoms with van der Waals surface area (Å²) in [6.07, 6.45) is 6.22. The van der Waals surface area contributed by atoms with Crippen LogP contribution in [0.25, 0.3) is 0 Å². The highest BCUT2D eigenvalue weighted by molar-refractivity contribution is 5.98. The van der Waals surface area contributed by atoms with E-state index >= 15 is 0 Å². The van der Waals surface area contributed by atoms with Gasteiger partial charge in [-0.15, -0.1) is 0 Å². The Bertz CT molecular complexity index is 496. The zero-order valence-electron chi connectivity index (χ0n) is 13.7. The average Bonchev–Trinajstić information content (AvgIpc) is 2.57. The molecule has 0 N–H and O–H groups in total. The lowest BCUT2D eigenvalue weighted by molar-refractivity contribution is 0.0583. The molecule has 129 valence electrons. The minimum Gasteiger partial charge on any atom is -0.413 e. The van der Waals surface area contributed by atoms with Crippen LogP contribution in [0.2, 0.25) is 0 Å². The Balaban J connectivity index is 2.39. The van der Waals surface area contributed by atoms with Crippen molar-refractivity contribution in [2.45, 2.75) is 70.8 Å². The van der Waals surface area contributed by atoms with E-state index in [0.29, 0.717) is 6.42 Å². The first kappa shape index (κ1) is 20.2. The number of hydrogen-bond acceptors (Lipinski definition) is 1. The zero-order valence-corrected chi connectivity index (χ0v) is 14.7. The fourth-order valence-electron chi connectivity index (χ4n) is 2.72. The Labute approximate surface area is 139 Å². The van der Waals surface area contributed by atoms with Crippen molar-refractivity contribution in [3.63, 3.8) is 0 Å². The van der Waals surface area contributed by atoms with Crippen LogP contribution in [-0.4, -0.2) is 16.1 Å². The summed E-state index contributed by atoms with van der Waals surface area (Å²) < 4.78 is 58.0. The van der Waals surface area contributed by atoms with Crippen molar-refractivity contribution in [3.05, 3.63) is 34.9 Å². The summed E-state index contributed by atoms with van der Waals surface area (Å²) >= 11 is 0. The van der Waals surface area contributed by atoms with Gasteiger partial charge in [0.1, 0.15) is 0 Å². The Hall–Kier alpha value is -0.883. The van der Waals surface area contributed by atoms with Gasteiger partial charge in [-0.3, -0.25) is 0 Å². The van der Waals surface area contributed by atoms with Crippen LogP contribution in [-0.2, 0) is 10.8 Å². The number of benzene rings is 1. The molecule has 0 amide bonds. The molecule has 0 saturated heterocycles.